The van der Waals surface area contributed by atoms with E-state index in [4.69, 9.17) is 5.73 Å². The van der Waals surface area contributed by atoms with E-state index < -0.39 is 0 Å². The van der Waals surface area contributed by atoms with Crippen molar-refractivity contribution in [3.63, 3.8) is 0 Å². The first kappa shape index (κ1) is 14.3. The van der Waals surface area contributed by atoms with Crippen LogP contribution in [0.15, 0.2) is 0 Å². The van der Waals surface area contributed by atoms with E-state index in [1.807, 2.05) is 0 Å². The van der Waals surface area contributed by atoms with Gasteiger partial charge in [0.15, 0.2) is 0 Å². The van der Waals surface area contributed by atoms with Crippen molar-refractivity contribution < 1.29 is 0 Å². The topological polar surface area (TPSA) is 29.3 Å². The number of nitrogens with two attached hydrogens (primary N) is 1. The van der Waals surface area contributed by atoms with Crippen LogP contribution in [0, 0.1) is 17.3 Å². The molecule has 0 spiro atoms. The molecule has 2 rings (SSSR count). The summed E-state index contributed by atoms with van der Waals surface area (Å²) in [6.07, 6.45) is 8.32. The van der Waals surface area contributed by atoms with Crippen molar-refractivity contribution in [2.45, 2.75) is 65.3 Å². The molecular formula is C16H32N2. The highest BCUT2D eigenvalue weighted by molar-refractivity contribution is 4.91. The lowest BCUT2D eigenvalue weighted by Gasteiger charge is -2.47. The fourth-order valence-electron chi connectivity index (χ4n) is 4.20. The molecule has 1 aliphatic heterocycles. The molecule has 2 N–H and O–H groups in total. The minimum absolute atomic E-state index is 0.434. The van der Waals surface area contributed by atoms with Crippen LogP contribution >= 0.6 is 0 Å². The molecule has 106 valence electrons. The first-order valence-electron chi connectivity index (χ1n) is 8.00. The van der Waals surface area contributed by atoms with Crippen molar-refractivity contribution in [3.8, 4) is 0 Å². The molecule has 1 saturated heterocycles. The van der Waals surface area contributed by atoms with Gasteiger partial charge in [-0.2, -0.15) is 0 Å². The fraction of sp³-hybridized carbons (Fsp3) is 1.00. The minimum Gasteiger partial charge on any atom is -0.330 e. The van der Waals surface area contributed by atoms with Gasteiger partial charge in [0.25, 0.3) is 0 Å². The normalized spacial score (nSPS) is 37.7. The van der Waals surface area contributed by atoms with Crippen LogP contribution in [0.3, 0.4) is 0 Å². The molecule has 0 aromatic heterocycles. The molecular weight excluding hydrogens is 220 g/mol. The molecule has 0 amide bonds. The van der Waals surface area contributed by atoms with E-state index in [1.54, 1.807) is 0 Å². The molecule has 3 atom stereocenters. The molecule has 0 aromatic rings. The van der Waals surface area contributed by atoms with Crippen LogP contribution in [-0.2, 0) is 0 Å². The van der Waals surface area contributed by atoms with Crippen LogP contribution in [0.1, 0.15) is 59.3 Å². The second kappa shape index (κ2) is 5.92. The van der Waals surface area contributed by atoms with Crippen LogP contribution in [0.4, 0.5) is 0 Å². The monoisotopic (exact) mass is 252 g/mol. The second-order valence-electron chi connectivity index (χ2n) is 7.25. The van der Waals surface area contributed by atoms with Crippen LogP contribution < -0.4 is 5.73 Å². The zero-order chi connectivity index (χ0) is 13.2. The van der Waals surface area contributed by atoms with Gasteiger partial charge in [-0.3, -0.25) is 4.90 Å². The summed E-state index contributed by atoms with van der Waals surface area (Å²) in [5.41, 5.74) is 6.58. The molecule has 1 aliphatic carbocycles. The Morgan fingerprint density at radius 2 is 1.78 bits per heavy atom. The molecule has 2 fully saturated rings. The largest absolute Gasteiger partial charge is 0.330 e. The summed E-state index contributed by atoms with van der Waals surface area (Å²) in [5.74, 6) is 1.70. The van der Waals surface area contributed by atoms with Gasteiger partial charge < -0.3 is 5.73 Å². The van der Waals surface area contributed by atoms with Crippen molar-refractivity contribution in [1.82, 2.24) is 4.90 Å². The third-order valence-electron chi connectivity index (χ3n) is 5.61. The Morgan fingerprint density at radius 3 is 2.39 bits per heavy atom. The molecule has 0 aromatic carbocycles. The predicted octanol–water partition coefficient (Wildman–Crippen LogP) is 3.26. The Balaban J connectivity index is 2.01. The molecule has 0 bridgehead atoms. The second-order valence-corrected chi connectivity index (χ2v) is 7.25. The van der Waals surface area contributed by atoms with Gasteiger partial charge in [0.1, 0.15) is 0 Å². The molecule has 2 aliphatic rings. The van der Waals surface area contributed by atoms with Gasteiger partial charge in [-0.05, 0) is 50.0 Å². The Kier molecular flexibility index (Phi) is 4.71. The quantitative estimate of drug-likeness (QED) is 0.835. The van der Waals surface area contributed by atoms with E-state index in [9.17, 15) is 0 Å². The van der Waals surface area contributed by atoms with Gasteiger partial charge in [0.05, 0.1) is 0 Å². The molecule has 2 heteroatoms. The van der Waals surface area contributed by atoms with E-state index in [2.05, 4.69) is 25.7 Å². The Hall–Kier alpha value is -0.0800. The lowest BCUT2D eigenvalue weighted by molar-refractivity contribution is 0.0242. The molecule has 18 heavy (non-hydrogen) atoms. The lowest BCUT2D eigenvalue weighted by Crippen LogP contribution is -2.52. The Labute approximate surface area is 113 Å². The molecule has 3 unspecified atom stereocenters. The zero-order valence-corrected chi connectivity index (χ0v) is 12.6. The van der Waals surface area contributed by atoms with Crippen LogP contribution in [0.25, 0.3) is 0 Å². The molecule has 1 heterocycles. The minimum atomic E-state index is 0.434. The van der Waals surface area contributed by atoms with Gasteiger partial charge in [-0.1, -0.05) is 33.1 Å². The SMILES string of the molecule is CC1CC(C)C(C)N(CC2(CN)CCCCC2)C1. The smallest absolute Gasteiger partial charge is 0.00930 e. The summed E-state index contributed by atoms with van der Waals surface area (Å²) in [7, 11) is 0. The number of piperidine rings is 1. The number of hydrogen-bond donors (Lipinski definition) is 1. The maximum atomic E-state index is 6.14. The molecule has 2 nitrogen and oxygen atoms in total. The van der Waals surface area contributed by atoms with Crippen LogP contribution in [0.5, 0.6) is 0 Å². The van der Waals surface area contributed by atoms with E-state index in [0.29, 0.717) is 5.41 Å². The van der Waals surface area contributed by atoms with E-state index >= 15 is 0 Å². The summed E-state index contributed by atoms with van der Waals surface area (Å²) in [4.78, 5) is 2.75. The van der Waals surface area contributed by atoms with E-state index in [-0.39, 0.29) is 0 Å². The summed E-state index contributed by atoms with van der Waals surface area (Å²) in [6, 6.07) is 0.742. The Morgan fingerprint density at radius 1 is 1.11 bits per heavy atom. The number of rotatable bonds is 3. The van der Waals surface area contributed by atoms with E-state index in [0.717, 1.165) is 24.4 Å². The maximum absolute atomic E-state index is 6.14. The van der Waals surface area contributed by atoms with Crippen molar-refractivity contribution >= 4 is 0 Å². The zero-order valence-electron chi connectivity index (χ0n) is 12.6. The van der Waals surface area contributed by atoms with Crippen molar-refractivity contribution in [2.75, 3.05) is 19.6 Å². The average Bonchev–Trinajstić information content (AvgIpc) is 2.36. The fourth-order valence-corrected chi connectivity index (χ4v) is 4.20. The van der Waals surface area contributed by atoms with Crippen molar-refractivity contribution in [1.29, 1.82) is 0 Å². The number of nitrogens with zero attached hydrogens (tertiary/aromatic N) is 1. The average molecular weight is 252 g/mol. The van der Waals surface area contributed by atoms with Gasteiger partial charge in [0.2, 0.25) is 0 Å². The first-order valence-corrected chi connectivity index (χ1v) is 8.00. The maximum Gasteiger partial charge on any atom is 0.00930 e. The van der Waals surface area contributed by atoms with Gasteiger partial charge >= 0.3 is 0 Å². The predicted molar refractivity (Wildman–Crippen MR) is 78.6 cm³/mol. The summed E-state index contributed by atoms with van der Waals surface area (Å²) in [5, 5.41) is 0. The Bertz CT molecular complexity index is 258. The molecule has 1 saturated carbocycles. The van der Waals surface area contributed by atoms with E-state index in [1.165, 1.54) is 51.6 Å². The highest BCUT2D eigenvalue weighted by Gasteiger charge is 2.37. The lowest BCUT2D eigenvalue weighted by atomic mass is 9.72. The standard InChI is InChI=1S/C16H32N2/c1-13-9-14(2)15(3)18(10-13)12-16(11-17)7-5-4-6-8-16/h13-15H,4-12,17H2,1-3H3. The summed E-state index contributed by atoms with van der Waals surface area (Å²) < 4.78 is 0. The summed E-state index contributed by atoms with van der Waals surface area (Å²) >= 11 is 0. The van der Waals surface area contributed by atoms with Crippen molar-refractivity contribution in [2.24, 2.45) is 23.0 Å². The molecule has 0 radical (unpaired) electrons. The summed E-state index contributed by atoms with van der Waals surface area (Å²) in [6.45, 7) is 10.7. The van der Waals surface area contributed by atoms with Crippen molar-refractivity contribution in [3.05, 3.63) is 0 Å². The number of hydrogen-bond acceptors (Lipinski definition) is 2. The highest BCUT2D eigenvalue weighted by Crippen LogP contribution is 2.38. The van der Waals surface area contributed by atoms with Crippen LogP contribution in [0.2, 0.25) is 0 Å². The van der Waals surface area contributed by atoms with Gasteiger partial charge in [0, 0.05) is 19.1 Å². The first-order chi connectivity index (χ1) is 8.56. The van der Waals surface area contributed by atoms with Gasteiger partial charge in [-0.15, -0.1) is 0 Å². The third-order valence-corrected chi connectivity index (χ3v) is 5.61. The number of likely N-dealkylation sites (tertiary alicyclic amines) is 1. The third kappa shape index (κ3) is 3.08. The van der Waals surface area contributed by atoms with Gasteiger partial charge in [-0.25, -0.2) is 0 Å². The van der Waals surface area contributed by atoms with Crippen LogP contribution in [-0.4, -0.2) is 30.6 Å². The highest BCUT2D eigenvalue weighted by atomic mass is 15.2.